The lowest BCUT2D eigenvalue weighted by Crippen LogP contribution is -2.29. The molecule has 1 aliphatic rings. The molecule has 1 heterocycles. The van der Waals surface area contributed by atoms with E-state index >= 15 is 0 Å². The summed E-state index contributed by atoms with van der Waals surface area (Å²) in [6.45, 7) is 1.05. The van der Waals surface area contributed by atoms with Gasteiger partial charge in [-0.25, -0.2) is 0 Å². The molecule has 0 bridgehead atoms. The number of hydrogen-bond acceptors (Lipinski definition) is 3. The molecule has 0 aliphatic carbocycles. The zero-order chi connectivity index (χ0) is 13.3. The lowest BCUT2D eigenvalue weighted by molar-refractivity contribution is 0.291. The summed E-state index contributed by atoms with van der Waals surface area (Å²) < 4.78 is 16.7. The zero-order valence-electron chi connectivity index (χ0n) is 12.4. The van der Waals surface area contributed by atoms with E-state index in [4.69, 9.17) is 9.47 Å². The summed E-state index contributed by atoms with van der Waals surface area (Å²) in [6, 6.07) is 0. The first-order valence-electron chi connectivity index (χ1n) is 6.84. The Morgan fingerprint density at radius 1 is 0.941 bits per heavy atom. The molecule has 1 aliphatic heterocycles. The molecule has 0 amide bonds. The third-order valence-corrected chi connectivity index (χ3v) is 11.8. The fourth-order valence-electron chi connectivity index (χ4n) is 1.70. The lowest BCUT2D eigenvalue weighted by atomic mass is 10.4. The average Bonchev–Trinajstić information content (AvgIpc) is 2.16. The van der Waals surface area contributed by atoms with Crippen LogP contribution in [0.2, 0.25) is 40.0 Å². The van der Waals surface area contributed by atoms with Crippen molar-refractivity contribution in [2.45, 2.75) is 52.8 Å². The molecule has 0 aromatic heterocycles. The van der Waals surface area contributed by atoms with Gasteiger partial charge in [0.2, 0.25) is 0 Å². The highest BCUT2D eigenvalue weighted by Gasteiger charge is 2.21. The quantitative estimate of drug-likeness (QED) is 0.747. The Kier molecular flexibility index (Phi) is 13.2. The zero-order valence-corrected chi connectivity index (χ0v) is 17.0. The molecule has 0 atom stereocenters. The van der Waals surface area contributed by atoms with Crippen LogP contribution in [-0.4, -0.2) is 64.9 Å². The molecule has 0 N–H and O–H groups in total. The van der Waals surface area contributed by atoms with Crippen molar-refractivity contribution in [3.05, 3.63) is 0 Å². The summed E-state index contributed by atoms with van der Waals surface area (Å²) in [5.74, 6) is 13.2. The van der Waals surface area contributed by atoms with Gasteiger partial charge in [0.15, 0.2) is 0 Å². The molecule has 3 nitrogen and oxygen atoms in total. The van der Waals surface area contributed by atoms with Crippen molar-refractivity contribution < 1.29 is 9.47 Å². The van der Waals surface area contributed by atoms with Gasteiger partial charge in [0, 0.05) is 6.61 Å². The maximum atomic E-state index is 5.65. The van der Waals surface area contributed by atoms with Gasteiger partial charge in [0.05, 0.1) is 0 Å². The van der Waals surface area contributed by atoms with E-state index in [1.807, 2.05) is 0 Å². The Morgan fingerprint density at radius 3 is 1.71 bits per heavy atom. The normalized spacial score (nSPS) is 14.8. The second-order valence-electron chi connectivity index (χ2n) is 5.11. The summed E-state index contributed by atoms with van der Waals surface area (Å²) >= 11 is -3.45. The predicted molar refractivity (Wildman–Crippen MR) is 80.4 cm³/mol. The van der Waals surface area contributed by atoms with Gasteiger partial charge >= 0.3 is 58.3 Å². The predicted octanol–water partition coefficient (Wildman–Crippen LogP) is 3.06. The summed E-state index contributed by atoms with van der Waals surface area (Å²) in [5.41, 5.74) is 0. The van der Waals surface area contributed by atoms with Crippen molar-refractivity contribution in [2.24, 2.45) is 0 Å². The van der Waals surface area contributed by atoms with E-state index in [1.165, 1.54) is 18.1 Å². The van der Waals surface area contributed by atoms with Crippen LogP contribution in [0.1, 0.15) is 12.8 Å². The van der Waals surface area contributed by atoms with Gasteiger partial charge in [-0.05, 0) is 6.42 Å². The van der Waals surface area contributed by atoms with E-state index in [2.05, 4.69) is 34.7 Å². The van der Waals surface area contributed by atoms with E-state index in [0.717, 1.165) is 6.61 Å². The molecule has 0 aromatic rings. The molecule has 0 unspecified atom stereocenters. The van der Waals surface area contributed by atoms with Crippen molar-refractivity contribution in [3.63, 3.8) is 0 Å². The first kappa shape index (κ1) is 19.0. The van der Waals surface area contributed by atoms with Crippen LogP contribution in [0.5, 0.6) is 0 Å². The highest BCUT2D eigenvalue weighted by Crippen LogP contribution is 2.09. The average molecular weight is 302 g/mol. The van der Waals surface area contributed by atoms with Crippen LogP contribution in [0.15, 0.2) is 0 Å². The van der Waals surface area contributed by atoms with Crippen molar-refractivity contribution in [1.29, 1.82) is 0 Å². The Bertz CT molecular complexity index is 165. The van der Waals surface area contributed by atoms with Crippen LogP contribution in [0.25, 0.3) is 0 Å². The largest absolute Gasteiger partial charge is 0.616 e. The van der Waals surface area contributed by atoms with Crippen molar-refractivity contribution in [1.82, 2.24) is 0 Å². The third kappa shape index (κ3) is 14.2. The lowest BCUT2D eigenvalue weighted by Gasteiger charge is -2.13. The number of rotatable bonds is 4. The van der Waals surface area contributed by atoms with Gasteiger partial charge in [-0.1, -0.05) is 46.4 Å². The molecule has 1 fully saturated rings. The van der Waals surface area contributed by atoms with Gasteiger partial charge in [0.25, 0.3) is 0 Å². The fourth-order valence-corrected chi connectivity index (χ4v) is 10.3. The molecule has 0 spiro atoms. The first-order valence-corrected chi connectivity index (χ1v) is 16.9. The SMILES string of the molecule is [CH3][Al]([CH3])[O][Al]([CH3])[O][Al]([CH3])[CH3].[CH3][Al]1[CH2]CCC[O]1. The van der Waals surface area contributed by atoms with Crippen LogP contribution in [0, 0.1) is 0 Å². The maximum absolute atomic E-state index is 5.65. The smallest absolute Gasteiger partial charge is 0.609 e. The Labute approximate surface area is 126 Å². The van der Waals surface area contributed by atoms with E-state index in [1.54, 1.807) is 0 Å². The molecule has 0 aromatic carbocycles. The summed E-state index contributed by atoms with van der Waals surface area (Å²) in [5, 5.41) is 1.40. The van der Waals surface area contributed by atoms with Gasteiger partial charge in [-0.15, -0.1) is 0 Å². The topological polar surface area (TPSA) is 27.7 Å². The van der Waals surface area contributed by atoms with Crippen LogP contribution < -0.4 is 0 Å². The molecule has 7 heteroatoms. The molecule has 0 saturated carbocycles. The van der Waals surface area contributed by atoms with Gasteiger partial charge in [-0.3, -0.25) is 0 Å². The van der Waals surface area contributed by atoms with E-state index in [0.29, 0.717) is 0 Å². The standard InChI is InChI=1S/C4H8O.6CH3.4Al.2O/c1-2-3-4-5;;;;;;;;;;;;/h1-4H2;6*1H3;;;;;;/q-1;;;;;;;;;;+1;;. The second kappa shape index (κ2) is 11.8. The molecule has 96 valence electrons. The van der Waals surface area contributed by atoms with E-state index < -0.39 is 58.3 Å². The van der Waals surface area contributed by atoms with Crippen molar-refractivity contribution in [3.8, 4) is 0 Å². The minimum absolute atomic E-state index is 0.595. The fraction of sp³-hybridized carbons (Fsp3) is 1.00. The highest BCUT2D eigenvalue weighted by atomic mass is 27.3. The van der Waals surface area contributed by atoms with Crippen molar-refractivity contribution in [2.75, 3.05) is 6.61 Å². The first-order chi connectivity index (χ1) is 7.91. The minimum Gasteiger partial charge on any atom is -0.616 e. The Balaban J connectivity index is 0.000000318. The monoisotopic (exact) mass is 302 g/mol. The van der Waals surface area contributed by atoms with E-state index in [-0.39, 0.29) is 0 Å². The van der Waals surface area contributed by atoms with Crippen LogP contribution >= 0.6 is 0 Å². The van der Waals surface area contributed by atoms with Crippen molar-refractivity contribution >= 4 is 58.3 Å². The second-order valence-corrected chi connectivity index (χ2v) is 15.2. The summed E-state index contributed by atoms with van der Waals surface area (Å²) in [7, 11) is 0. The minimum atomic E-state index is -1.19. The van der Waals surface area contributed by atoms with Crippen LogP contribution in [0.3, 0.4) is 0 Å². The van der Waals surface area contributed by atoms with E-state index in [9.17, 15) is 0 Å². The van der Waals surface area contributed by atoms with Crippen LogP contribution in [-0.2, 0) is 9.47 Å². The summed E-state index contributed by atoms with van der Waals surface area (Å²) in [6.07, 6.45) is 2.73. The van der Waals surface area contributed by atoms with Gasteiger partial charge in [-0.2, -0.15) is 0 Å². The Hall–Kier alpha value is 2.01. The highest BCUT2D eigenvalue weighted by molar-refractivity contribution is 6.66. The van der Waals surface area contributed by atoms with Gasteiger partial charge < -0.3 is 9.47 Å². The summed E-state index contributed by atoms with van der Waals surface area (Å²) in [4.78, 5) is 0. The molecule has 1 rings (SSSR count). The molecular weight excluding hydrogens is 276 g/mol. The maximum Gasteiger partial charge on any atom is 0.609 e. The third-order valence-electron chi connectivity index (χ3n) is 2.33. The Morgan fingerprint density at radius 2 is 1.47 bits per heavy atom. The molecule has 0 radical (unpaired) electrons. The molecular formula is C10H26Al4O3. The number of hydrogen-bond donors (Lipinski definition) is 0. The van der Waals surface area contributed by atoms with Crippen LogP contribution in [0.4, 0.5) is 0 Å². The van der Waals surface area contributed by atoms with Gasteiger partial charge in [0.1, 0.15) is 0 Å². The molecule has 1 saturated heterocycles. The molecule has 17 heavy (non-hydrogen) atoms.